The molecule has 0 amide bonds. The molecule has 0 aromatic carbocycles. The van der Waals surface area contributed by atoms with Gasteiger partial charge in [0.1, 0.15) is 5.60 Å². The van der Waals surface area contributed by atoms with Crippen LogP contribution in [0.15, 0.2) is 12.2 Å². The van der Waals surface area contributed by atoms with Crippen LogP contribution < -0.4 is 0 Å². The van der Waals surface area contributed by atoms with Crippen molar-refractivity contribution in [1.82, 2.24) is 0 Å². The summed E-state index contributed by atoms with van der Waals surface area (Å²) in [5, 5.41) is 9.16. The maximum atomic E-state index is 9.16. The summed E-state index contributed by atoms with van der Waals surface area (Å²) in [6, 6.07) is 2.35. The quantitative estimate of drug-likeness (QED) is 0.687. The number of nitriles is 1. The van der Waals surface area contributed by atoms with Gasteiger partial charge in [-0.05, 0) is 27.2 Å². The minimum absolute atomic E-state index is 0.0209. The highest BCUT2D eigenvalue weighted by molar-refractivity contribution is 5.17. The van der Waals surface area contributed by atoms with Crippen LogP contribution in [-0.4, -0.2) is 23.9 Å². The molecule has 3 heteroatoms. The molecule has 16 heavy (non-hydrogen) atoms. The fourth-order valence-electron chi connectivity index (χ4n) is 2.93. The molecule has 2 rings (SSSR count). The van der Waals surface area contributed by atoms with Gasteiger partial charge >= 0.3 is 0 Å². The van der Waals surface area contributed by atoms with Gasteiger partial charge in [0, 0.05) is 6.42 Å². The maximum absolute atomic E-state index is 9.16. The molecule has 0 aromatic rings. The monoisotopic (exact) mass is 221 g/mol. The lowest BCUT2D eigenvalue weighted by molar-refractivity contribution is -0.0843. The summed E-state index contributed by atoms with van der Waals surface area (Å²) in [5.74, 6) is -0.0543. The van der Waals surface area contributed by atoms with Crippen LogP contribution in [0.25, 0.3) is 0 Å². The number of fused-ring (bicyclic) bond motifs is 2. The standard InChI is InChI=1S/C13H19NO2/c1-9(2)8-15-11-6-12(3)5-10(7-14)13(11,4)16-12/h10-11H,1,5-6,8H2,2-4H3/t10?,11-,12-,13+/m0/s1. The van der Waals surface area contributed by atoms with Crippen molar-refractivity contribution in [1.29, 1.82) is 5.26 Å². The lowest BCUT2D eigenvalue weighted by Crippen LogP contribution is -2.44. The Kier molecular flexibility index (Phi) is 2.60. The van der Waals surface area contributed by atoms with Crippen molar-refractivity contribution in [3.8, 4) is 6.07 Å². The molecule has 0 radical (unpaired) electrons. The highest BCUT2D eigenvalue weighted by Gasteiger charge is 2.63. The first-order chi connectivity index (χ1) is 7.39. The molecule has 0 saturated carbocycles. The minimum Gasteiger partial charge on any atom is -0.371 e. The van der Waals surface area contributed by atoms with Crippen molar-refractivity contribution >= 4 is 0 Å². The number of nitrogens with zero attached hydrogens (tertiary/aromatic N) is 1. The van der Waals surface area contributed by atoms with E-state index in [0.29, 0.717) is 6.61 Å². The largest absolute Gasteiger partial charge is 0.371 e. The van der Waals surface area contributed by atoms with Crippen molar-refractivity contribution in [3.05, 3.63) is 12.2 Å². The molecular weight excluding hydrogens is 202 g/mol. The summed E-state index contributed by atoms with van der Waals surface area (Å²) in [4.78, 5) is 0. The molecule has 2 heterocycles. The topological polar surface area (TPSA) is 42.2 Å². The summed E-state index contributed by atoms with van der Waals surface area (Å²) < 4.78 is 11.8. The molecule has 2 aliphatic heterocycles. The fraction of sp³-hybridized carbons (Fsp3) is 0.769. The van der Waals surface area contributed by atoms with Crippen LogP contribution in [0, 0.1) is 17.2 Å². The number of ether oxygens (including phenoxy) is 2. The van der Waals surface area contributed by atoms with E-state index in [4.69, 9.17) is 14.7 Å². The Hall–Kier alpha value is -0.850. The Morgan fingerprint density at radius 1 is 1.56 bits per heavy atom. The first-order valence-corrected chi connectivity index (χ1v) is 5.75. The SMILES string of the molecule is C=C(C)CO[C@H]1C[C@]2(C)CC(C#N)[C@@]1(C)O2. The summed E-state index contributed by atoms with van der Waals surface area (Å²) in [6.07, 6.45) is 1.73. The zero-order valence-corrected chi connectivity index (χ0v) is 10.2. The third kappa shape index (κ3) is 1.66. The molecule has 0 N–H and O–H groups in total. The molecule has 1 unspecified atom stereocenters. The van der Waals surface area contributed by atoms with Crippen LogP contribution >= 0.6 is 0 Å². The molecule has 0 spiro atoms. The summed E-state index contributed by atoms with van der Waals surface area (Å²) in [5.41, 5.74) is 0.401. The van der Waals surface area contributed by atoms with E-state index in [1.165, 1.54) is 0 Å². The first kappa shape index (κ1) is 11.6. The Morgan fingerprint density at radius 3 is 2.75 bits per heavy atom. The molecule has 2 aliphatic rings. The molecule has 2 saturated heterocycles. The maximum Gasteiger partial charge on any atom is 0.108 e. The van der Waals surface area contributed by atoms with Crippen LogP contribution in [-0.2, 0) is 9.47 Å². The third-order valence-corrected chi connectivity index (χ3v) is 3.74. The van der Waals surface area contributed by atoms with Crippen molar-refractivity contribution in [2.45, 2.75) is 50.9 Å². The highest BCUT2D eigenvalue weighted by Crippen LogP contribution is 2.54. The first-order valence-electron chi connectivity index (χ1n) is 5.75. The van der Waals surface area contributed by atoms with E-state index in [1.807, 2.05) is 13.8 Å². The van der Waals surface area contributed by atoms with Crippen molar-refractivity contribution in [3.63, 3.8) is 0 Å². The van der Waals surface area contributed by atoms with Gasteiger partial charge in [-0.15, -0.1) is 0 Å². The second kappa shape index (κ2) is 3.58. The van der Waals surface area contributed by atoms with Crippen molar-refractivity contribution < 1.29 is 9.47 Å². The van der Waals surface area contributed by atoms with Crippen LogP contribution in [0.4, 0.5) is 0 Å². The molecule has 0 aromatic heterocycles. The van der Waals surface area contributed by atoms with Gasteiger partial charge in [-0.1, -0.05) is 12.2 Å². The highest BCUT2D eigenvalue weighted by atomic mass is 16.6. The second-order valence-corrected chi connectivity index (χ2v) is 5.58. The number of hydrogen-bond acceptors (Lipinski definition) is 3. The van der Waals surface area contributed by atoms with Gasteiger partial charge in [-0.25, -0.2) is 0 Å². The van der Waals surface area contributed by atoms with E-state index in [9.17, 15) is 0 Å². The van der Waals surface area contributed by atoms with Crippen LogP contribution in [0.2, 0.25) is 0 Å². The predicted octanol–water partition coefficient (Wildman–Crippen LogP) is 2.43. The molecule has 0 aliphatic carbocycles. The normalized spacial score (nSPS) is 45.6. The average Bonchev–Trinajstić information content (AvgIpc) is 2.59. The van der Waals surface area contributed by atoms with E-state index < -0.39 is 5.60 Å². The van der Waals surface area contributed by atoms with E-state index in [0.717, 1.165) is 18.4 Å². The molecule has 88 valence electrons. The third-order valence-electron chi connectivity index (χ3n) is 3.74. The van der Waals surface area contributed by atoms with E-state index in [2.05, 4.69) is 19.6 Å². The van der Waals surface area contributed by atoms with E-state index >= 15 is 0 Å². The lowest BCUT2D eigenvalue weighted by Gasteiger charge is -2.32. The number of rotatable bonds is 3. The van der Waals surface area contributed by atoms with Crippen molar-refractivity contribution in [2.75, 3.05) is 6.61 Å². The van der Waals surface area contributed by atoms with Gasteiger partial charge in [0.25, 0.3) is 0 Å². The zero-order valence-electron chi connectivity index (χ0n) is 10.2. The lowest BCUT2D eigenvalue weighted by atomic mass is 9.74. The van der Waals surface area contributed by atoms with E-state index in [1.54, 1.807) is 0 Å². The van der Waals surface area contributed by atoms with Gasteiger partial charge in [-0.2, -0.15) is 5.26 Å². The molecule has 2 fully saturated rings. The zero-order chi connectivity index (χ0) is 12.0. The van der Waals surface area contributed by atoms with Crippen molar-refractivity contribution in [2.24, 2.45) is 5.92 Å². The summed E-state index contributed by atoms with van der Waals surface area (Å²) in [7, 11) is 0. The molecule has 2 bridgehead atoms. The molecular formula is C13H19NO2. The Bertz CT molecular complexity index is 359. The Balaban J connectivity index is 2.12. The summed E-state index contributed by atoms with van der Waals surface area (Å²) in [6.45, 7) is 10.4. The van der Waals surface area contributed by atoms with Gasteiger partial charge in [-0.3, -0.25) is 0 Å². The average molecular weight is 221 g/mol. The van der Waals surface area contributed by atoms with Gasteiger partial charge < -0.3 is 9.47 Å². The van der Waals surface area contributed by atoms with Gasteiger partial charge in [0.05, 0.1) is 30.3 Å². The summed E-state index contributed by atoms with van der Waals surface area (Å²) >= 11 is 0. The predicted molar refractivity (Wildman–Crippen MR) is 60.8 cm³/mol. The molecule has 4 atom stereocenters. The van der Waals surface area contributed by atoms with Gasteiger partial charge in [0.15, 0.2) is 0 Å². The van der Waals surface area contributed by atoms with Crippen LogP contribution in [0.3, 0.4) is 0 Å². The van der Waals surface area contributed by atoms with Crippen LogP contribution in [0.1, 0.15) is 33.6 Å². The Labute approximate surface area is 97.0 Å². The second-order valence-electron chi connectivity index (χ2n) is 5.58. The smallest absolute Gasteiger partial charge is 0.108 e. The van der Waals surface area contributed by atoms with E-state index in [-0.39, 0.29) is 17.6 Å². The molecule has 3 nitrogen and oxygen atoms in total. The number of hydrogen-bond donors (Lipinski definition) is 0. The Morgan fingerprint density at radius 2 is 2.25 bits per heavy atom. The van der Waals surface area contributed by atoms with Crippen LogP contribution in [0.5, 0.6) is 0 Å². The fourth-order valence-corrected chi connectivity index (χ4v) is 2.93. The van der Waals surface area contributed by atoms with Gasteiger partial charge in [0.2, 0.25) is 0 Å². The minimum atomic E-state index is -0.432.